The van der Waals surface area contributed by atoms with E-state index in [2.05, 4.69) is 15.0 Å². The lowest BCUT2D eigenvalue weighted by atomic mass is 10.2. The number of hydrogen-bond acceptors (Lipinski definition) is 5. The molecule has 1 aromatic carbocycles. The molecule has 1 amide bonds. The smallest absolute Gasteiger partial charge is 0.407 e. The van der Waals surface area contributed by atoms with Gasteiger partial charge in [-0.05, 0) is 52.3 Å². The molecule has 25 heavy (non-hydrogen) atoms. The molecule has 1 fully saturated rings. The van der Waals surface area contributed by atoms with Gasteiger partial charge in [0, 0.05) is 14.5 Å². The number of ether oxygens (including phenoxy) is 2. The standard InChI is InChI=1S/C14H20N2O2.C5H10O2.H2/c17-14(15-8-11-16-9-4-5-10-16)18-12-13-6-2-1-3-7-13;1-5(2,3)7-4-6;/h1-3,6-7H,4-5,8-12H2,(H,15,17);4H,1-3H3;1H. The molecule has 1 saturated heterocycles. The lowest BCUT2D eigenvalue weighted by Crippen LogP contribution is -2.33. The number of nitrogens with zero attached hydrogens (tertiary/aromatic N) is 1. The summed E-state index contributed by atoms with van der Waals surface area (Å²) in [5.74, 6) is 0. The van der Waals surface area contributed by atoms with Crippen molar-refractivity contribution in [1.29, 1.82) is 0 Å². The molecular weight excluding hydrogens is 320 g/mol. The maximum absolute atomic E-state index is 11.4. The Hall–Kier alpha value is -2.08. The van der Waals surface area contributed by atoms with Crippen molar-refractivity contribution in [2.45, 2.75) is 45.8 Å². The summed E-state index contributed by atoms with van der Waals surface area (Å²) in [5.41, 5.74) is 0.689. The van der Waals surface area contributed by atoms with Crippen LogP contribution < -0.4 is 5.32 Å². The molecule has 0 unspecified atom stereocenters. The van der Waals surface area contributed by atoms with Crippen molar-refractivity contribution in [2.24, 2.45) is 0 Å². The number of nitrogens with one attached hydrogen (secondary N) is 1. The molecule has 0 spiro atoms. The molecule has 6 heteroatoms. The normalized spacial score (nSPS) is 14.2. The van der Waals surface area contributed by atoms with Crippen molar-refractivity contribution >= 4 is 12.6 Å². The van der Waals surface area contributed by atoms with E-state index in [-0.39, 0.29) is 13.1 Å². The zero-order valence-corrected chi connectivity index (χ0v) is 15.5. The number of alkyl carbamates (subject to hydrolysis) is 1. The van der Waals surface area contributed by atoms with Crippen molar-refractivity contribution in [2.75, 3.05) is 26.2 Å². The minimum absolute atomic E-state index is 0. The Balaban J connectivity index is 0.000000673. The molecule has 1 aliphatic rings. The zero-order chi connectivity index (χ0) is 18.5. The van der Waals surface area contributed by atoms with Crippen LogP contribution in [0, 0.1) is 0 Å². The van der Waals surface area contributed by atoms with Gasteiger partial charge in [-0.1, -0.05) is 30.3 Å². The lowest BCUT2D eigenvalue weighted by Gasteiger charge is -2.14. The van der Waals surface area contributed by atoms with Crippen LogP contribution in [-0.4, -0.2) is 49.2 Å². The summed E-state index contributed by atoms with van der Waals surface area (Å²) in [5, 5.41) is 2.78. The number of benzene rings is 1. The molecule has 1 aliphatic heterocycles. The highest BCUT2D eigenvalue weighted by molar-refractivity contribution is 5.67. The van der Waals surface area contributed by atoms with Crippen LogP contribution in [0.5, 0.6) is 0 Å². The van der Waals surface area contributed by atoms with Crippen LogP contribution in [-0.2, 0) is 20.9 Å². The molecule has 0 atom stereocenters. The molecule has 0 saturated carbocycles. The minimum atomic E-state index is -0.335. The van der Waals surface area contributed by atoms with E-state index in [1.165, 1.54) is 12.8 Å². The fourth-order valence-electron chi connectivity index (χ4n) is 2.24. The van der Waals surface area contributed by atoms with Crippen molar-refractivity contribution in [1.82, 2.24) is 10.2 Å². The van der Waals surface area contributed by atoms with Crippen LogP contribution in [0.1, 0.15) is 40.6 Å². The summed E-state index contributed by atoms with van der Waals surface area (Å²) < 4.78 is 9.67. The average Bonchev–Trinajstić information content (AvgIpc) is 3.07. The van der Waals surface area contributed by atoms with Crippen molar-refractivity contribution in [3.05, 3.63) is 35.9 Å². The first kappa shape index (κ1) is 21.0. The summed E-state index contributed by atoms with van der Waals surface area (Å²) in [6, 6.07) is 9.70. The molecule has 1 aromatic rings. The van der Waals surface area contributed by atoms with E-state index in [9.17, 15) is 9.59 Å². The van der Waals surface area contributed by atoms with Crippen LogP contribution in [0.15, 0.2) is 30.3 Å². The quantitative estimate of drug-likeness (QED) is 0.796. The minimum Gasteiger partial charge on any atom is -0.462 e. The fraction of sp³-hybridized carbons (Fsp3) is 0.579. The Morgan fingerprint density at radius 3 is 2.40 bits per heavy atom. The third kappa shape index (κ3) is 11.2. The maximum Gasteiger partial charge on any atom is 0.407 e. The number of carbonyl (C=O) groups excluding carboxylic acids is 2. The van der Waals surface area contributed by atoms with E-state index in [0.717, 1.165) is 25.2 Å². The van der Waals surface area contributed by atoms with Crippen molar-refractivity contribution < 1.29 is 20.5 Å². The van der Waals surface area contributed by atoms with Crippen molar-refractivity contribution in [3.8, 4) is 0 Å². The lowest BCUT2D eigenvalue weighted by molar-refractivity contribution is -0.138. The summed E-state index contributed by atoms with van der Waals surface area (Å²) in [6.45, 7) is 10.1. The Bertz CT molecular complexity index is 500. The molecule has 0 radical (unpaired) electrons. The van der Waals surface area contributed by atoms with Gasteiger partial charge in [0.05, 0.1) is 0 Å². The van der Waals surface area contributed by atoms with E-state index in [1.807, 2.05) is 51.1 Å². The van der Waals surface area contributed by atoms with Crippen LogP contribution in [0.25, 0.3) is 0 Å². The summed E-state index contributed by atoms with van der Waals surface area (Å²) in [7, 11) is 0. The Morgan fingerprint density at radius 2 is 1.88 bits per heavy atom. The van der Waals surface area contributed by atoms with Gasteiger partial charge in [0.2, 0.25) is 0 Å². The first-order chi connectivity index (χ1) is 11.9. The second-order valence-electron chi connectivity index (χ2n) is 6.86. The van der Waals surface area contributed by atoms with E-state index in [1.54, 1.807) is 0 Å². The van der Waals surface area contributed by atoms with Gasteiger partial charge in [-0.2, -0.15) is 0 Å². The number of carbonyl (C=O) groups is 2. The first-order valence-electron chi connectivity index (χ1n) is 8.69. The molecule has 0 aromatic heterocycles. The van der Waals surface area contributed by atoms with Gasteiger partial charge in [0.25, 0.3) is 6.47 Å². The molecule has 2 rings (SSSR count). The Kier molecular flexibility index (Phi) is 9.62. The maximum atomic E-state index is 11.4. The van der Waals surface area contributed by atoms with Gasteiger partial charge in [0.1, 0.15) is 12.2 Å². The highest BCUT2D eigenvalue weighted by atomic mass is 16.5. The second-order valence-corrected chi connectivity index (χ2v) is 6.86. The monoisotopic (exact) mass is 352 g/mol. The zero-order valence-electron chi connectivity index (χ0n) is 15.5. The molecule has 6 nitrogen and oxygen atoms in total. The van der Waals surface area contributed by atoms with Gasteiger partial charge in [-0.3, -0.25) is 4.79 Å². The van der Waals surface area contributed by atoms with E-state index in [0.29, 0.717) is 19.6 Å². The fourth-order valence-corrected chi connectivity index (χ4v) is 2.24. The van der Waals surface area contributed by atoms with Gasteiger partial charge in [-0.25, -0.2) is 4.79 Å². The van der Waals surface area contributed by atoms with Gasteiger partial charge in [-0.15, -0.1) is 0 Å². The third-order valence-electron chi connectivity index (χ3n) is 3.51. The van der Waals surface area contributed by atoms with Gasteiger partial charge >= 0.3 is 6.09 Å². The van der Waals surface area contributed by atoms with Crippen LogP contribution in [0.2, 0.25) is 0 Å². The molecule has 0 bridgehead atoms. The number of rotatable bonds is 6. The van der Waals surface area contributed by atoms with E-state index < -0.39 is 0 Å². The second kappa shape index (κ2) is 11.5. The van der Waals surface area contributed by atoms with Gasteiger partial charge < -0.3 is 19.7 Å². The predicted molar refractivity (Wildman–Crippen MR) is 99.3 cm³/mol. The number of likely N-dealkylation sites (tertiary alicyclic amines) is 1. The summed E-state index contributed by atoms with van der Waals surface area (Å²) >= 11 is 0. The van der Waals surface area contributed by atoms with Crippen LogP contribution in [0.3, 0.4) is 0 Å². The van der Waals surface area contributed by atoms with Crippen molar-refractivity contribution in [3.63, 3.8) is 0 Å². The van der Waals surface area contributed by atoms with E-state index >= 15 is 0 Å². The summed E-state index contributed by atoms with van der Waals surface area (Å²) in [6.07, 6.45) is 2.22. The molecular formula is C19H32N2O4. The summed E-state index contributed by atoms with van der Waals surface area (Å²) in [4.78, 5) is 23.4. The highest BCUT2D eigenvalue weighted by Crippen LogP contribution is 2.05. The topological polar surface area (TPSA) is 67.9 Å². The van der Waals surface area contributed by atoms with E-state index in [4.69, 9.17) is 4.74 Å². The van der Waals surface area contributed by atoms with Gasteiger partial charge in [0.15, 0.2) is 0 Å². The Labute approximate surface area is 152 Å². The molecule has 142 valence electrons. The van der Waals surface area contributed by atoms with Crippen LogP contribution in [0.4, 0.5) is 4.79 Å². The largest absolute Gasteiger partial charge is 0.462 e. The molecule has 1 heterocycles. The Morgan fingerprint density at radius 1 is 1.24 bits per heavy atom. The first-order valence-corrected chi connectivity index (χ1v) is 8.69. The highest BCUT2D eigenvalue weighted by Gasteiger charge is 2.11. The van der Waals surface area contributed by atoms with Crippen LogP contribution >= 0.6 is 0 Å². The number of amides is 1. The molecule has 0 aliphatic carbocycles. The molecule has 1 N–H and O–H groups in total. The average molecular weight is 352 g/mol. The SMILES string of the molecule is CC(C)(C)OC=O.O=C(NCCN1CCCC1)OCc1ccccc1.[HH]. The third-order valence-corrected chi connectivity index (χ3v) is 3.51. The predicted octanol–water partition coefficient (Wildman–Crippen LogP) is 3.21. The number of hydrogen-bond donors (Lipinski definition) is 1.